The van der Waals surface area contributed by atoms with Crippen molar-refractivity contribution in [2.45, 2.75) is 26.8 Å². The Morgan fingerprint density at radius 1 is 1.14 bits per heavy atom. The molecular weight excluding hydrogens is 260 g/mol. The summed E-state index contributed by atoms with van der Waals surface area (Å²) in [6.07, 6.45) is 2.60. The van der Waals surface area contributed by atoms with Gasteiger partial charge in [-0.2, -0.15) is 0 Å². The molecule has 0 amide bonds. The molecule has 3 nitrogen and oxygen atoms in total. The zero-order chi connectivity index (χ0) is 15.1. The van der Waals surface area contributed by atoms with Crippen LogP contribution in [0.5, 0.6) is 0 Å². The van der Waals surface area contributed by atoms with Crippen molar-refractivity contribution in [2.75, 3.05) is 13.2 Å². The fourth-order valence-corrected chi connectivity index (χ4v) is 2.61. The molecule has 3 heteroatoms. The molecule has 2 N–H and O–H groups in total. The molecule has 0 saturated carbocycles. The van der Waals surface area contributed by atoms with Gasteiger partial charge in [0.25, 0.3) is 0 Å². The average molecular weight is 284 g/mol. The second kappa shape index (κ2) is 7.91. The van der Waals surface area contributed by atoms with Crippen LogP contribution in [-0.4, -0.2) is 23.2 Å². The Bertz CT molecular complexity index is 534. The Morgan fingerprint density at radius 3 is 2.52 bits per heavy atom. The third-order valence-electron chi connectivity index (χ3n) is 3.53. The number of nitrogens with one attached hydrogen (secondary N) is 1. The lowest BCUT2D eigenvalue weighted by Crippen LogP contribution is -2.26. The third kappa shape index (κ3) is 5.29. The molecule has 0 aliphatic rings. The second-order valence-electron chi connectivity index (χ2n) is 5.70. The number of aliphatic hydroxyl groups excluding tert-OH is 1. The molecule has 2 aromatic rings. The van der Waals surface area contributed by atoms with E-state index in [-0.39, 0.29) is 12.5 Å². The highest BCUT2D eigenvalue weighted by atomic mass is 16.3. The van der Waals surface area contributed by atoms with Crippen LogP contribution in [0, 0.1) is 19.8 Å². The highest BCUT2D eigenvalue weighted by Crippen LogP contribution is 2.09. The summed E-state index contributed by atoms with van der Waals surface area (Å²) >= 11 is 0. The van der Waals surface area contributed by atoms with Crippen molar-refractivity contribution in [1.29, 1.82) is 0 Å². The number of hydrogen-bond acceptors (Lipinski definition) is 3. The van der Waals surface area contributed by atoms with Gasteiger partial charge in [-0.15, -0.1) is 0 Å². The van der Waals surface area contributed by atoms with Crippen molar-refractivity contribution in [1.82, 2.24) is 10.3 Å². The van der Waals surface area contributed by atoms with Crippen LogP contribution in [0.25, 0.3) is 0 Å². The Labute approximate surface area is 127 Å². The fraction of sp³-hybridized carbons (Fsp3) is 0.389. The zero-order valence-corrected chi connectivity index (χ0v) is 12.8. The highest BCUT2D eigenvalue weighted by Gasteiger charge is 2.09. The Morgan fingerprint density at radius 2 is 1.90 bits per heavy atom. The molecule has 0 saturated heterocycles. The van der Waals surface area contributed by atoms with Gasteiger partial charge >= 0.3 is 0 Å². The molecule has 2 rings (SSSR count). The van der Waals surface area contributed by atoms with Gasteiger partial charge in [0, 0.05) is 31.6 Å². The normalized spacial score (nSPS) is 12.3. The predicted octanol–water partition coefficient (Wildman–Crippen LogP) is 2.64. The van der Waals surface area contributed by atoms with Crippen LogP contribution in [0.2, 0.25) is 0 Å². The third-order valence-corrected chi connectivity index (χ3v) is 3.53. The van der Waals surface area contributed by atoms with Crippen LogP contribution in [0.15, 0.2) is 42.6 Å². The molecule has 112 valence electrons. The number of hydrogen-bond donors (Lipinski definition) is 2. The first kappa shape index (κ1) is 15.7. The summed E-state index contributed by atoms with van der Waals surface area (Å²) < 4.78 is 0. The molecule has 0 radical (unpaired) electrons. The lowest BCUT2D eigenvalue weighted by Gasteiger charge is -2.15. The number of nitrogens with zero attached hydrogens (tertiary/aromatic N) is 1. The maximum Gasteiger partial charge on any atom is 0.0475 e. The van der Waals surface area contributed by atoms with Gasteiger partial charge < -0.3 is 10.4 Å². The smallest absolute Gasteiger partial charge is 0.0475 e. The van der Waals surface area contributed by atoms with E-state index in [1.807, 2.05) is 18.2 Å². The van der Waals surface area contributed by atoms with E-state index in [1.165, 1.54) is 16.7 Å². The molecule has 1 atom stereocenters. The van der Waals surface area contributed by atoms with Gasteiger partial charge in [0.15, 0.2) is 0 Å². The van der Waals surface area contributed by atoms with Crippen molar-refractivity contribution < 1.29 is 5.11 Å². The van der Waals surface area contributed by atoms with Gasteiger partial charge in [-0.3, -0.25) is 4.98 Å². The minimum atomic E-state index is 0.177. The summed E-state index contributed by atoms with van der Waals surface area (Å²) in [6, 6.07) is 12.5. The molecule has 21 heavy (non-hydrogen) atoms. The Balaban J connectivity index is 1.83. The summed E-state index contributed by atoms with van der Waals surface area (Å²) in [4.78, 5) is 4.32. The quantitative estimate of drug-likeness (QED) is 0.821. The van der Waals surface area contributed by atoms with E-state index in [0.717, 1.165) is 25.2 Å². The fourth-order valence-electron chi connectivity index (χ4n) is 2.61. The van der Waals surface area contributed by atoms with Gasteiger partial charge in [0.1, 0.15) is 0 Å². The molecule has 1 aromatic heterocycles. The largest absolute Gasteiger partial charge is 0.396 e. The van der Waals surface area contributed by atoms with Crippen LogP contribution < -0.4 is 5.32 Å². The van der Waals surface area contributed by atoms with Crippen LogP contribution in [0.1, 0.15) is 22.4 Å². The summed E-state index contributed by atoms with van der Waals surface area (Å²) in [5.41, 5.74) is 4.91. The Hall–Kier alpha value is -1.71. The number of benzene rings is 1. The van der Waals surface area contributed by atoms with Gasteiger partial charge in [-0.25, -0.2) is 0 Å². The van der Waals surface area contributed by atoms with Gasteiger partial charge in [0.05, 0.1) is 0 Å². The van der Waals surface area contributed by atoms with E-state index in [9.17, 15) is 5.11 Å². The molecule has 0 aliphatic heterocycles. The van der Waals surface area contributed by atoms with Crippen LogP contribution in [0.4, 0.5) is 0 Å². The predicted molar refractivity (Wildman–Crippen MR) is 86.1 cm³/mol. The minimum Gasteiger partial charge on any atom is -0.396 e. The lowest BCUT2D eigenvalue weighted by atomic mass is 10.0. The number of aliphatic hydroxyl groups is 1. The van der Waals surface area contributed by atoms with E-state index >= 15 is 0 Å². The van der Waals surface area contributed by atoms with Crippen LogP contribution in [-0.2, 0) is 13.0 Å². The number of rotatable bonds is 7. The summed E-state index contributed by atoms with van der Waals surface area (Å²) in [5, 5.41) is 12.9. The first-order valence-electron chi connectivity index (χ1n) is 7.46. The van der Waals surface area contributed by atoms with E-state index < -0.39 is 0 Å². The molecule has 0 spiro atoms. The zero-order valence-electron chi connectivity index (χ0n) is 12.8. The first-order valence-corrected chi connectivity index (χ1v) is 7.46. The summed E-state index contributed by atoms with van der Waals surface area (Å²) in [7, 11) is 0. The molecule has 1 heterocycles. The minimum absolute atomic E-state index is 0.177. The maximum atomic E-state index is 9.50. The van der Waals surface area contributed by atoms with Crippen LogP contribution in [0.3, 0.4) is 0 Å². The van der Waals surface area contributed by atoms with Gasteiger partial charge in [0.2, 0.25) is 0 Å². The number of aromatic nitrogens is 1. The van der Waals surface area contributed by atoms with Gasteiger partial charge in [-0.05, 0) is 43.9 Å². The Kier molecular flexibility index (Phi) is 5.90. The number of pyridine rings is 1. The average Bonchev–Trinajstić information content (AvgIpc) is 2.46. The van der Waals surface area contributed by atoms with E-state index in [4.69, 9.17) is 0 Å². The van der Waals surface area contributed by atoms with Crippen molar-refractivity contribution in [3.63, 3.8) is 0 Å². The standard InChI is InChI=1S/C18H24N2O/c1-14-7-15(2)9-16(8-14)11-19-12-17(13-21)10-18-5-3-4-6-20-18/h3-9,17,19,21H,10-13H2,1-2H3. The molecular formula is C18H24N2O. The van der Waals surface area contributed by atoms with E-state index in [0.29, 0.717) is 0 Å². The molecule has 0 aliphatic carbocycles. The van der Waals surface area contributed by atoms with Crippen LogP contribution >= 0.6 is 0 Å². The molecule has 1 unspecified atom stereocenters. The molecule has 0 bridgehead atoms. The molecule has 0 fully saturated rings. The molecule has 1 aromatic carbocycles. The number of aryl methyl sites for hydroxylation is 2. The van der Waals surface area contributed by atoms with Crippen molar-refractivity contribution in [3.05, 3.63) is 65.0 Å². The lowest BCUT2D eigenvalue weighted by molar-refractivity contribution is 0.220. The topological polar surface area (TPSA) is 45.1 Å². The highest BCUT2D eigenvalue weighted by molar-refractivity contribution is 5.28. The van der Waals surface area contributed by atoms with Crippen molar-refractivity contribution >= 4 is 0 Å². The van der Waals surface area contributed by atoms with E-state index in [1.54, 1.807) is 6.20 Å². The summed E-state index contributed by atoms with van der Waals surface area (Å²) in [6.45, 7) is 6.04. The summed E-state index contributed by atoms with van der Waals surface area (Å²) in [5.74, 6) is 0.200. The van der Waals surface area contributed by atoms with Crippen molar-refractivity contribution in [2.24, 2.45) is 5.92 Å². The second-order valence-corrected chi connectivity index (χ2v) is 5.70. The van der Waals surface area contributed by atoms with E-state index in [2.05, 4.69) is 42.3 Å². The SMILES string of the molecule is Cc1cc(C)cc(CNCC(CO)Cc2ccccn2)c1. The maximum absolute atomic E-state index is 9.50. The van der Waals surface area contributed by atoms with Crippen molar-refractivity contribution in [3.8, 4) is 0 Å². The first-order chi connectivity index (χ1) is 10.2. The van der Waals surface area contributed by atoms with Gasteiger partial charge in [-0.1, -0.05) is 35.4 Å². The monoisotopic (exact) mass is 284 g/mol.